The van der Waals surface area contributed by atoms with Crippen molar-refractivity contribution < 1.29 is 14.3 Å². The lowest BCUT2D eigenvalue weighted by atomic mass is 9.97. The summed E-state index contributed by atoms with van der Waals surface area (Å²) in [4.78, 5) is 23.0. The number of carbonyl (C=O) groups is 2. The van der Waals surface area contributed by atoms with E-state index in [4.69, 9.17) is 4.74 Å². The van der Waals surface area contributed by atoms with E-state index < -0.39 is 11.9 Å². The van der Waals surface area contributed by atoms with E-state index in [1.807, 2.05) is 0 Å². The minimum Gasteiger partial charge on any atom is -0.465 e. The molecule has 0 fully saturated rings. The van der Waals surface area contributed by atoms with Crippen LogP contribution in [0.2, 0.25) is 0 Å². The maximum atomic E-state index is 11.6. The predicted molar refractivity (Wildman–Crippen MR) is 59.4 cm³/mol. The third kappa shape index (κ3) is 5.15. The second-order valence-electron chi connectivity index (χ2n) is 3.12. The fraction of sp³-hybridized carbons (Fsp3) is 0.500. The molecule has 0 aliphatic heterocycles. The molecule has 0 unspecified atom stereocenters. The number of Topliss-reactive ketones (excluding diaryl/α,β-unsaturated/α-hetero) is 1. The fourth-order valence-electron chi connectivity index (χ4n) is 1.19. The van der Waals surface area contributed by atoms with E-state index in [2.05, 4.69) is 13.2 Å². The Morgan fingerprint density at radius 3 is 2.47 bits per heavy atom. The first-order valence-corrected chi connectivity index (χ1v) is 5.08. The minimum atomic E-state index is -0.692. The van der Waals surface area contributed by atoms with E-state index in [0.29, 0.717) is 25.9 Å². The SMILES string of the molecule is C=CCCC(=O)[C@@H](CC=C)C(=O)OCC. The van der Waals surface area contributed by atoms with Gasteiger partial charge in [-0.05, 0) is 19.8 Å². The topological polar surface area (TPSA) is 43.4 Å². The summed E-state index contributed by atoms with van der Waals surface area (Å²) >= 11 is 0. The molecule has 0 radical (unpaired) electrons. The molecule has 0 saturated heterocycles. The summed E-state index contributed by atoms with van der Waals surface area (Å²) in [7, 11) is 0. The molecule has 0 aromatic heterocycles. The Morgan fingerprint density at radius 2 is 2.00 bits per heavy atom. The maximum Gasteiger partial charge on any atom is 0.316 e. The molecule has 0 saturated carbocycles. The Labute approximate surface area is 90.8 Å². The average molecular weight is 210 g/mol. The number of esters is 1. The summed E-state index contributed by atoms with van der Waals surface area (Å²) < 4.78 is 4.82. The van der Waals surface area contributed by atoms with Crippen molar-refractivity contribution in [3.63, 3.8) is 0 Å². The number of ether oxygens (including phenoxy) is 1. The van der Waals surface area contributed by atoms with Gasteiger partial charge in [-0.25, -0.2) is 0 Å². The van der Waals surface area contributed by atoms with Crippen LogP contribution in [-0.2, 0) is 14.3 Å². The van der Waals surface area contributed by atoms with Gasteiger partial charge < -0.3 is 4.74 Å². The van der Waals surface area contributed by atoms with Crippen LogP contribution < -0.4 is 0 Å². The first-order valence-electron chi connectivity index (χ1n) is 5.08. The molecule has 15 heavy (non-hydrogen) atoms. The molecule has 3 nitrogen and oxygen atoms in total. The number of carbonyl (C=O) groups excluding carboxylic acids is 2. The van der Waals surface area contributed by atoms with E-state index in [1.165, 1.54) is 0 Å². The van der Waals surface area contributed by atoms with Crippen LogP contribution in [0, 0.1) is 5.92 Å². The van der Waals surface area contributed by atoms with Crippen LogP contribution >= 0.6 is 0 Å². The largest absolute Gasteiger partial charge is 0.465 e. The molecule has 0 spiro atoms. The Kier molecular flexibility index (Phi) is 7.24. The Morgan fingerprint density at radius 1 is 1.33 bits per heavy atom. The van der Waals surface area contributed by atoms with Crippen molar-refractivity contribution in [2.24, 2.45) is 5.92 Å². The third-order valence-corrected chi connectivity index (χ3v) is 1.96. The van der Waals surface area contributed by atoms with Gasteiger partial charge in [0, 0.05) is 6.42 Å². The smallest absolute Gasteiger partial charge is 0.316 e. The zero-order valence-electron chi connectivity index (χ0n) is 9.20. The summed E-state index contributed by atoms with van der Waals surface area (Å²) in [5, 5.41) is 0. The van der Waals surface area contributed by atoms with Gasteiger partial charge in [-0.2, -0.15) is 0 Å². The molecule has 0 aromatic carbocycles. The monoisotopic (exact) mass is 210 g/mol. The number of allylic oxidation sites excluding steroid dienone is 2. The maximum absolute atomic E-state index is 11.6. The summed E-state index contributed by atoms with van der Waals surface area (Å²) in [6.07, 6.45) is 4.49. The highest BCUT2D eigenvalue weighted by atomic mass is 16.5. The molecule has 0 aliphatic carbocycles. The molecular formula is C12H18O3. The van der Waals surface area contributed by atoms with Crippen LogP contribution in [0.25, 0.3) is 0 Å². The van der Waals surface area contributed by atoms with E-state index in [-0.39, 0.29) is 5.78 Å². The van der Waals surface area contributed by atoms with Crippen LogP contribution in [-0.4, -0.2) is 18.4 Å². The van der Waals surface area contributed by atoms with Gasteiger partial charge in [-0.15, -0.1) is 13.2 Å². The molecule has 0 amide bonds. The molecule has 0 rings (SSSR count). The Bertz CT molecular complexity index is 243. The standard InChI is InChI=1S/C12H18O3/c1-4-7-9-11(13)10(8-5-2)12(14)15-6-3/h4-5,10H,1-2,6-9H2,3H3/t10-/m1/s1. The molecule has 0 N–H and O–H groups in total. The Balaban J connectivity index is 4.35. The first-order chi connectivity index (χ1) is 7.17. The number of rotatable bonds is 8. The lowest BCUT2D eigenvalue weighted by molar-refractivity contribution is -0.151. The van der Waals surface area contributed by atoms with Gasteiger partial charge in [-0.1, -0.05) is 12.2 Å². The quantitative estimate of drug-likeness (QED) is 0.350. The summed E-state index contributed by atoms with van der Waals surface area (Å²) in [5.74, 6) is -1.25. The van der Waals surface area contributed by atoms with Crippen molar-refractivity contribution in [3.05, 3.63) is 25.3 Å². The number of ketones is 1. The van der Waals surface area contributed by atoms with Crippen molar-refractivity contribution in [2.45, 2.75) is 26.2 Å². The van der Waals surface area contributed by atoms with Gasteiger partial charge in [0.25, 0.3) is 0 Å². The predicted octanol–water partition coefficient (Wildman–Crippen LogP) is 2.28. The van der Waals surface area contributed by atoms with Gasteiger partial charge in [0.15, 0.2) is 0 Å². The first kappa shape index (κ1) is 13.6. The second-order valence-corrected chi connectivity index (χ2v) is 3.12. The lowest BCUT2D eigenvalue weighted by Gasteiger charge is -2.11. The molecule has 1 atom stereocenters. The van der Waals surface area contributed by atoms with E-state index in [9.17, 15) is 9.59 Å². The van der Waals surface area contributed by atoms with Gasteiger partial charge >= 0.3 is 5.97 Å². The van der Waals surface area contributed by atoms with Crippen LogP contribution in [0.4, 0.5) is 0 Å². The Hall–Kier alpha value is -1.38. The van der Waals surface area contributed by atoms with Gasteiger partial charge in [-0.3, -0.25) is 9.59 Å². The molecular weight excluding hydrogens is 192 g/mol. The van der Waals surface area contributed by atoms with E-state index in [0.717, 1.165) is 0 Å². The minimum absolute atomic E-state index is 0.103. The normalized spacial score (nSPS) is 11.5. The van der Waals surface area contributed by atoms with Crippen molar-refractivity contribution in [3.8, 4) is 0 Å². The zero-order chi connectivity index (χ0) is 11.7. The second kappa shape index (κ2) is 7.97. The molecule has 0 bridgehead atoms. The van der Waals surface area contributed by atoms with Crippen molar-refractivity contribution >= 4 is 11.8 Å². The van der Waals surface area contributed by atoms with Crippen LogP contribution in [0.5, 0.6) is 0 Å². The molecule has 84 valence electrons. The molecule has 0 heterocycles. The third-order valence-electron chi connectivity index (χ3n) is 1.96. The van der Waals surface area contributed by atoms with Crippen molar-refractivity contribution in [1.82, 2.24) is 0 Å². The van der Waals surface area contributed by atoms with E-state index in [1.54, 1.807) is 19.1 Å². The molecule has 0 aromatic rings. The summed E-state index contributed by atoms with van der Waals surface area (Å²) in [6.45, 7) is 9.07. The molecule has 0 aliphatic rings. The summed E-state index contributed by atoms with van der Waals surface area (Å²) in [5.41, 5.74) is 0. The van der Waals surface area contributed by atoms with Crippen molar-refractivity contribution in [2.75, 3.05) is 6.61 Å². The highest BCUT2D eigenvalue weighted by molar-refractivity contribution is 5.99. The fourth-order valence-corrected chi connectivity index (χ4v) is 1.19. The van der Waals surface area contributed by atoms with E-state index >= 15 is 0 Å². The number of hydrogen-bond acceptors (Lipinski definition) is 3. The summed E-state index contributed by atoms with van der Waals surface area (Å²) in [6, 6.07) is 0. The van der Waals surface area contributed by atoms with Gasteiger partial charge in [0.2, 0.25) is 0 Å². The highest BCUT2D eigenvalue weighted by Gasteiger charge is 2.25. The number of hydrogen-bond donors (Lipinski definition) is 0. The van der Waals surface area contributed by atoms with Crippen LogP contribution in [0.1, 0.15) is 26.2 Å². The van der Waals surface area contributed by atoms with Crippen LogP contribution in [0.3, 0.4) is 0 Å². The molecule has 3 heteroatoms. The average Bonchev–Trinajstić information content (AvgIpc) is 2.22. The van der Waals surface area contributed by atoms with Crippen molar-refractivity contribution in [1.29, 1.82) is 0 Å². The lowest BCUT2D eigenvalue weighted by Crippen LogP contribution is -2.25. The van der Waals surface area contributed by atoms with Gasteiger partial charge in [0.05, 0.1) is 6.61 Å². The highest BCUT2D eigenvalue weighted by Crippen LogP contribution is 2.12. The zero-order valence-corrected chi connectivity index (χ0v) is 9.20. The van der Waals surface area contributed by atoms with Crippen LogP contribution in [0.15, 0.2) is 25.3 Å². The van der Waals surface area contributed by atoms with Gasteiger partial charge in [0.1, 0.15) is 11.7 Å².